The molecular formula is C16H15F3N2O3S. The third kappa shape index (κ3) is 4.80. The van der Waals surface area contributed by atoms with Gasteiger partial charge < -0.3 is 5.32 Å². The predicted octanol–water partition coefficient (Wildman–Crippen LogP) is 2.84. The molecular weight excluding hydrogens is 357 g/mol. The fourth-order valence-corrected chi connectivity index (χ4v) is 2.66. The summed E-state index contributed by atoms with van der Waals surface area (Å²) in [5, 5.41) is 7.53. The van der Waals surface area contributed by atoms with Crippen molar-refractivity contribution in [1.82, 2.24) is 5.32 Å². The number of nitrogens with two attached hydrogens (primary N) is 1. The summed E-state index contributed by atoms with van der Waals surface area (Å²) < 4.78 is 60.6. The normalized spacial score (nSPS) is 13.3. The Morgan fingerprint density at radius 2 is 1.72 bits per heavy atom. The zero-order chi connectivity index (χ0) is 18.8. The molecule has 0 unspecified atom stereocenters. The van der Waals surface area contributed by atoms with Gasteiger partial charge in [-0.3, -0.25) is 4.79 Å². The molecule has 2 aromatic carbocycles. The highest BCUT2D eigenvalue weighted by molar-refractivity contribution is 7.89. The minimum Gasteiger partial charge on any atom is -0.346 e. The van der Waals surface area contributed by atoms with Crippen molar-refractivity contribution in [2.75, 3.05) is 0 Å². The van der Waals surface area contributed by atoms with E-state index in [0.29, 0.717) is 5.56 Å². The number of sulfonamides is 1. The average Bonchev–Trinajstić information content (AvgIpc) is 2.53. The van der Waals surface area contributed by atoms with Gasteiger partial charge in [0, 0.05) is 5.56 Å². The lowest BCUT2D eigenvalue weighted by atomic mass is 10.0. The number of alkyl halides is 3. The Bertz CT molecular complexity index is 878. The van der Waals surface area contributed by atoms with Crippen LogP contribution >= 0.6 is 0 Å². The molecule has 0 spiro atoms. The third-order valence-corrected chi connectivity index (χ3v) is 4.44. The minimum absolute atomic E-state index is 0.144. The quantitative estimate of drug-likeness (QED) is 0.865. The van der Waals surface area contributed by atoms with Crippen LogP contribution in [-0.4, -0.2) is 14.3 Å². The first kappa shape index (κ1) is 18.9. The number of primary sulfonamides is 1. The molecule has 134 valence electrons. The van der Waals surface area contributed by atoms with Crippen molar-refractivity contribution in [2.45, 2.75) is 24.0 Å². The molecule has 0 saturated heterocycles. The molecule has 0 heterocycles. The molecule has 1 atom stereocenters. The predicted molar refractivity (Wildman–Crippen MR) is 85.1 cm³/mol. The smallest absolute Gasteiger partial charge is 0.346 e. The molecule has 0 fully saturated rings. The monoisotopic (exact) mass is 372 g/mol. The first-order valence-electron chi connectivity index (χ1n) is 7.09. The maximum Gasteiger partial charge on any atom is 0.416 e. The van der Waals surface area contributed by atoms with Gasteiger partial charge in [0.15, 0.2) is 0 Å². The lowest BCUT2D eigenvalue weighted by molar-refractivity contribution is -0.137. The summed E-state index contributed by atoms with van der Waals surface area (Å²) in [6.45, 7) is 1.55. The van der Waals surface area contributed by atoms with Crippen LogP contribution in [0.5, 0.6) is 0 Å². The van der Waals surface area contributed by atoms with Crippen LogP contribution in [0, 0.1) is 0 Å². The summed E-state index contributed by atoms with van der Waals surface area (Å²) >= 11 is 0. The lowest BCUT2D eigenvalue weighted by Crippen LogP contribution is -2.27. The number of halogens is 3. The maximum atomic E-state index is 12.7. The van der Waals surface area contributed by atoms with Gasteiger partial charge in [0.1, 0.15) is 0 Å². The molecule has 0 saturated carbocycles. The molecule has 3 N–H and O–H groups in total. The molecule has 5 nitrogen and oxygen atoms in total. The Kier molecular flexibility index (Phi) is 5.19. The van der Waals surface area contributed by atoms with Crippen molar-refractivity contribution in [3.63, 3.8) is 0 Å². The van der Waals surface area contributed by atoms with Crippen LogP contribution in [0.25, 0.3) is 0 Å². The van der Waals surface area contributed by atoms with Crippen molar-refractivity contribution in [1.29, 1.82) is 0 Å². The van der Waals surface area contributed by atoms with Crippen molar-refractivity contribution < 1.29 is 26.4 Å². The Labute approximate surface area is 142 Å². The second kappa shape index (κ2) is 6.85. The molecule has 2 rings (SSSR count). The van der Waals surface area contributed by atoms with E-state index < -0.39 is 33.7 Å². The zero-order valence-electron chi connectivity index (χ0n) is 13.0. The summed E-state index contributed by atoms with van der Waals surface area (Å²) in [6, 6.07) is 8.89. The fraction of sp³-hybridized carbons (Fsp3) is 0.188. The minimum atomic E-state index is -4.47. The lowest BCUT2D eigenvalue weighted by Gasteiger charge is -2.16. The Balaban J connectivity index is 2.15. The van der Waals surface area contributed by atoms with E-state index in [4.69, 9.17) is 5.14 Å². The van der Waals surface area contributed by atoms with Crippen LogP contribution in [0.4, 0.5) is 13.2 Å². The molecule has 1 amide bonds. The zero-order valence-corrected chi connectivity index (χ0v) is 13.9. The number of rotatable bonds is 4. The van der Waals surface area contributed by atoms with E-state index in [9.17, 15) is 26.4 Å². The van der Waals surface area contributed by atoms with E-state index in [-0.39, 0.29) is 10.5 Å². The Morgan fingerprint density at radius 1 is 1.12 bits per heavy atom. The van der Waals surface area contributed by atoms with Crippen LogP contribution in [0.15, 0.2) is 53.4 Å². The molecule has 0 aliphatic carbocycles. The standard InChI is InChI=1S/C16H15F3N2O3S/c1-10(12-3-2-4-13(9-12)16(17,18)19)21-15(22)11-5-7-14(8-6-11)25(20,23)24/h2-10H,1H3,(H,21,22)(H2,20,23,24)/t10-/m0/s1. The number of amides is 1. The summed E-state index contributed by atoms with van der Waals surface area (Å²) in [5.74, 6) is -0.550. The van der Waals surface area contributed by atoms with Crippen molar-refractivity contribution in [3.8, 4) is 0 Å². The molecule has 25 heavy (non-hydrogen) atoms. The average molecular weight is 372 g/mol. The molecule has 0 aromatic heterocycles. The second-order valence-electron chi connectivity index (χ2n) is 5.39. The number of nitrogens with one attached hydrogen (secondary N) is 1. The van der Waals surface area contributed by atoms with Gasteiger partial charge in [0.25, 0.3) is 5.91 Å². The molecule has 2 aromatic rings. The molecule has 0 bridgehead atoms. The summed E-state index contributed by atoms with van der Waals surface area (Å²) in [6.07, 6.45) is -4.47. The molecule has 0 aliphatic heterocycles. The van der Waals surface area contributed by atoms with Crippen LogP contribution in [0.2, 0.25) is 0 Å². The van der Waals surface area contributed by atoms with Gasteiger partial charge in [-0.05, 0) is 48.9 Å². The number of carbonyl (C=O) groups excluding carboxylic acids is 1. The van der Waals surface area contributed by atoms with Crippen molar-refractivity contribution in [3.05, 3.63) is 65.2 Å². The van der Waals surface area contributed by atoms with E-state index in [1.54, 1.807) is 6.92 Å². The van der Waals surface area contributed by atoms with Crippen LogP contribution in [0.1, 0.15) is 34.5 Å². The SMILES string of the molecule is C[C@H](NC(=O)c1ccc(S(N)(=O)=O)cc1)c1cccc(C(F)(F)F)c1. The van der Waals surface area contributed by atoms with E-state index in [2.05, 4.69) is 5.32 Å². The number of benzene rings is 2. The third-order valence-electron chi connectivity index (χ3n) is 3.51. The largest absolute Gasteiger partial charge is 0.416 e. The summed E-state index contributed by atoms with van der Waals surface area (Å²) in [5.41, 5.74) is -0.348. The van der Waals surface area contributed by atoms with Gasteiger partial charge in [0.2, 0.25) is 10.0 Å². The van der Waals surface area contributed by atoms with Crippen molar-refractivity contribution >= 4 is 15.9 Å². The first-order chi connectivity index (χ1) is 11.5. The topological polar surface area (TPSA) is 89.3 Å². The number of hydrogen-bond donors (Lipinski definition) is 2. The molecule has 0 aliphatic rings. The van der Waals surface area contributed by atoms with Crippen LogP contribution in [-0.2, 0) is 16.2 Å². The van der Waals surface area contributed by atoms with E-state index in [1.807, 2.05) is 0 Å². The van der Waals surface area contributed by atoms with Gasteiger partial charge >= 0.3 is 6.18 Å². The molecule has 0 radical (unpaired) electrons. The van der Waals surface area contributed by atoms with E-state index >= 15 is 0 Å². The highest BCUT2D eigenvalue weighted by atomic mass is 32.2. The molecule has 9 heteroatoms. The van der Waals surface area contributed by atoms with Gasteiger partial charge in [-0.1, -0.05) is 12.1 Å². The maximum absolute atomic E-state index is 12.7. The Hall–Kier alpha value is -2.39. The number of carbonyl (C=O) groups is 1. The fourth-order valence-electron chi connectivity index (χ4n) is 2.14. The first-order valence-corrected chi connectivity index (χ1v) is 8.64. The van der Waals surface area contributed by atoms with Gasteiger partial charge in [-0.2, -0.15) is 13.2 Å². The number of hydrogen-bond acceptors (Lipinski definition) is 3. The second-order valence-corrected chi connectivity index (χ2v) is 6.95. The summed E-state index contributed by atoms with van der Waals surface area (Å²) in [7, 11) is -3.87. The highest BCUT2D eigenvalue weighted by Crippen LogP contribution is 2.30. The van der Waals surface area contributed by atoms with Gasteiger partial charge in [-0.15, -0.1) is 0 Å². The highest BCUT2D eigenvalue weighted by Gasteiger charge is 2.30. The van der Waals surface area contributed by atoms with Gasteiger partial charge in [-0.25, -0.2) is 13.6 Å². The van der Waals surface area contributed by atoms with Gasteiger partial charge in [0.05, 0.1) is 16.5 Å². The summed E-state index contributed by atoms with van der Waals surface area (Å²) in [4.78, 5) is 12.0. The van der Waals surface area contributed by atoms with Crippen LogP contribution < -0.4 is 10.5 Å². The van der Waals surface area contributed by atoms with Crippen LogP contribution in [0.3, 0.4) is 0 Å². The van der Waals surface area contributed by atoms with E-state index in [0.717, 1.165) is 12.1 Å². The van der Waals surface area contributed by atoms with E-state index in [1.165, 1.54) is 36.4 Å². The Morgan fingerprint density at radius 3 is 2.24 bits per heavy atom. The van der Waals surface area contributed by atoms with Crippen molar-refractivity contribution in [2.24, 2.45) is 5.14 Å².